The maximum Gasteiger partial charge on any atom is 0.0501 e. The van der Waals surface area contributed by atoms with E-state index in [-0.39, 0.29) is 0 Å². The van der Waals surface area contributed by atoms with Crippen LogP contribution in [0, 0.1) is 0 Å². The summed E-state index contributed by atoms with van der Waals surface area (Å²) in [5, 5.41) is 5.42. The van der Waals surface area contributed by atoms with Gasteiger partial charge in [-0.2, -0.15) is 0 Å². The molecule has 1 aliphatic carbocycles. The van der Waals surface area contributed by atoms with E-state index < -0.39 is 0 Å². The van der Waals surface area contributed by atoms with Gasteiger partial charge in [-0.15, -0.1) is 0 Å². The second-order valence-corrected chi connectivity index (χ2v) is 10.6. The summed E-state index contributed by atoms with van der Waals surface area (Å²) in [7, 11) is 4.46. The average molecular weight is 489 g/mol. The monoisotopic (exact) mass is 488 g/mol. The summed E-state index contributed by atoms with van der Waals surface area (Å²) in [5.41, 5.74) is 13.3. The largest absolute Gasteiger partial charge is 0.344 e. The van der Waals surface area contributed by atoms with E-state index in [4.69, 9.17) is 0 Å². The molecule has 2 nitrogen and oxygen atoms in total. The smallest absolute Gasteiger partial charge is 0.0501 e. The molecule has 0 saturated carbocycles. The zero-order valence-corrected chi connectivity index (χ0v) is 21.7. The van der Waals surface area contributed by atoms with Gasteiger partial charge in [-0.05, 0) is 75.9 Å². The number of hydrogen-bond donors (Lipinski definition) is 0. The van der Waals surface area contributed by atoms with Crippen molar-refractivity contribution < 1.29 is 0 Å². The van der Waals surface area contributed by atoms with Crippen LogP contribution in [0.5, 0.6) is 0 Å². The minimum Gasteiger partial charge on any atom is -0.344 e. The van der Waals surface area contributed by atoms with Crippen molar-refractivity contribution in [1.82, 2.24) is 4.57 Å². The van der Waals surface area contributed by atoms with Crippen molar-refractivity contribution in [3.63, 3.8) is 0 Å². The fourth-order valence-corrected chi connectivity index (χ4v) is 6.77. The maximum atomic E-state index is 2.47. The summed E-state index contributed by atoms with van der Waals surface area (Å²) in [5.74, 6) is 0. The van der Waals surface area contributed by atoms with Gasteiger partial charge < -0.3 is 9.47 Å². The molecule has 0 unspecified atom stereocenters. The lowest BCUT2D eigenvalue weighted by Gasteiger charge is -2.34. The molecule has 5 aromatic carbocycles. The van der Waals surface area contributed by atoms with Gasteiger partial charge in [0.2, 0.25) is 0 Å². The first kappa shape index (κ1) is 21.5. The van der Waals surface area contributed by atoms with E-state index in [1.165, 1.54) is 77.4 Å². The number of aryl methyl sites for hydroxylation is 1. The third-order valence-electron chi connectivity index (χ3n) is 8.67. The molecule has 2 aliphatic rings. The van der Waals surface area contributed by atoms with Crippen LogP contribution in [0.4, 0.5) is 5.69 Å². The molecule has 2 heteroatoms. The number of rotatable bonds is 2. The molecule has 0 spiro atoms. The van der Waals surface area contributed by atoms with Gasteiger partial charge in [0.05, 0.1) is 5.52 Å². The molecule has 0 N–H and O–H groups in total. The Morgan fingerprint density at radius 3 is 2.13 bits per heavy atom. The number of anilines is 1. The molecule has 0 fully saturated rings. The molecule has 2 heterocycles. The molecule has 8 rings (SSSR count). The number of hydrogen-bond acceptors (Lipinski definition) is 1. The number of aromatic nitrogens is 1. The molecule has 0 amide bonds. The quantitative estimate of drug-likeness (QED) is 0.236. The first-order valence-electron chi connectivity index (χ1n) is 13.5. The predicted octanol–water partition coefficient (Wildman–Crippen LogP) is 9.19. The van der Waals surface area contributed by atoms with Crippen molar-refractivity contribution in [2.75, 3.05) is 11.9 Å². The summed E-state index contributed by atoms with van der Waals surface area (Å²) in [6, 6.07) is 37.8. The Morgan fingerprint density at radius 1 is 0.579 bits per heavy atom. The summed E-state index contributed by atoms with van der Waals surface area (Å²) >= 11 is 0. The third-order valence-corrected chi connectivity index (χ3v) is 8.67. The Kier molecular flexibility index (Phi) is 4.51. The first-order valence-corrected chi connectivity index (χ1v) is 13.5. The zero-order valence-electron chi connectivity index (χ0n) is 21.7. The predicted molar refractivity (Wildman–Crippen MR) is 162 cm³/mol. The third kappa shape index (κ3) is 2.95. The molecular weight excluding hydrogens is 460 g/mol. The number of likely N-dealkylation sites (N-methyl/N-ethyl adjacent to an activating group) is 1. The van der Waals surface area contributed by atoms with Gasteiger partial charge in [-0.25, -0.2) is 0 Å². The van der Waals surface area contributed by atoms with Crippen molar-refractivity contribution >= 4 is 49.4 Å². The Labute approximate surface area is 222 Å². The van der Waals surface area contributed by atoms with Crippen LogP contribution in [0.2, 0.25) is 0 Å². The van der Waals surface area contributed by atoms with E-state index in [0.29, 0.717) is 0 Å². The summed E-state index contributed by atoms with van der Waals surface area (Å²) in [6.45, 7) is 0. The molecule has 0 bridgehead atoms. The zero-order chi connectivity index (χ0) is 25.4. The summed E-state index contributed by atoms with van der Waals surface area (Å²) in [4.78, 5) is 2.41. The van der Waals surface area contributed by atoms with Gasteiger partial charge in [0.25, 0.3) is 0 Å². The van der Waals surface area contributed by atoms with Crippen LogP contribution in [0.3, 0.4) is 0 Å². The van der Waals surface area contributed by atoms with Crippen LogP contribution in [-0.2, 0) is 7.05 Å². The second kappa shape index (κ2) is 7.97. The highest BCUT2D eigenvalue weighted by Crippen LogP contribution is 2.49. The highest BCUT2D eigenvalue weighted by atomic mass is 15.1. The minimum absolute atomic E-state index is 1.05. The van der Waals surface area contributed by atoms with Crippen molar-refractivity contribution in [3.8, 4) is 11.1 Å². The highest BCUT2D eigenvalue weighted by molar-refractivity contribution is 6.26. The fraction of sp³-hybridized carbons (Fsp3) is 0.111. The van der Waals surface area contributed by atoms with Crippen molar-refractivity contribution in [1.29, 1.82) is 0 Å². The standard InChI is InChI=1S/C36H28N2/c1-37-31-15-9-14-29-35-28-19-17-26(24-12-7-4-8-13-24)21-33(28)38(2)34(35)22-30(36(29)31)27-18-16-25(20-32(27)37)23-10-5-3-6-11-23/h3-15,17,19-22H,16,18H2,1-2H3. The lowest BCUT2D eigenvalue weighted by atomic mass is 9.82. The number of allylic oxidation sites excluding steroid dienone is 3. The molecule has 0 radical (unpaired) electrons. The van der Waals surface area contributed by atoms with E-state index in [1.807, 2.05) is 0 Å². The van der Waals surface area contributed by atoms with E-state index in [2.05, 4.69) is 133 Å². The Bertz CT molecular complexity index is 1970. The van der Waals surface area contributed by atoms with E-state index in [0.717, 1.165) is 12.8 Å². The number of benzene rings is 5. The normalized spacial score (nSPS) is 14.9. The molecule has 38 heavy (non-hydrogen) atoms. The lowest BCUT2D eigenvalue weighted by Crippen LogP contribution is -2.22. The van der Waals surface area contributed by atoms with E-state index in [1.54, 1.807) is 0 Å². The first-order chi connectivity index (χ1) is 18.7. The van der Waals surface area contributed by atoms with Crippen LogP contribution >= 0.6 is 0 Å². The van der Waals surface area contributed by atoms with Crippen molar-refractivity contribution in [2.45, 2.75) is 12.8 Å². The topological polar surface area (TPSA) is 8.17 Å². The van der Waals surface area contributed by atoms with Crippen LogP contribution < -0.4 is 4.90 Å². The van der Waals surface area contributed by atoms with Crippen LogP contribution in [0.25, 0.3) is 54.9 Å². The van der Waals surface area contributed by atoms with Crippen molar-refractivity contribution in [2.24, 2.45) is 7.05 Å². The SMILES string of the molecule is CN1C2=C(CCC(c3ccccc3)=C2)c2cc3c(c4cccc1c24)c1ccc(-c2ccccc2)cc1n3C. The average Bonchev–Trinajstić information content (AvgIpc) is 3.27. The highest BCUT2D eigenvalue weighted by Gasteiger charge is 2.28. The fourth-order valence-electron chi connectivity index (χ4n) is 6.77. The van der Waals surface area contributed by atoms with Crippen LogP contribution in [0.15, 0.2) is 115 Å². The van der Waals surface area contributed by atoms with Crippen LogP contribution in [0.1, 0.15) is 24.0 Å². The van der Waals surface area contributed by atoms with Gasteiger partial charge in [0.15, 0.2) is 0 Å². The van der Waals surface area contributed by atoms with E-state index >= 15 is 0 Å². The second-order valence-electron chi connectivity index (χ2n) is 10.6. The van der Waals surface area contributed by atoms with Gasteiger partial charge in [-0.3, -0.25) is 0 Å². The molecule has 1 aromatic heterocycles. The van der Waals surface area contributed by atoms with Gasteiger partial charge in [-0.1, -0.05) is 84.9 Å². The Hall–Kier alpha value is -4.56. The van der Waals surface area contributed by atoms with Crippen molar-refractivity contribution in [3.05, 3.63) is 126 Å². The molecule has 0 atom stereocenters. The van der Waals surface area contributed by atoms with Gasteiger partial charge >= 0.3 is 0 Å². The molecular formula is C36H28N2. The van der Waals surface area contributed by atoms with Gasteiger partial charge in [0, 0.05) is 47.2 Å². The number of nitrogens with zero attached hydrogens (tertiary/aromatic N) is 2. The maximum absolute atomic E-state index is 2.47. The molecule has 0 saturated heterocycles. The van der Waals surface area contributed by atoms with Crippen LogP contribution in [-0.4, -0.2) is 11.6 Å². The lowest BCUT2D eigenvalue weighted by molar-refractivity contribution is 1.00. The molecule has 182 valence electrons. The van der Waals surface area contributed by atoms with E-state index in [9.17, 15) is 0 Å². The Morgan fingerprint density at radius 2 is 1.34 bits per heavy atom. The van der Waals surface area contributed by atoms with Gasteiger partial charge in [0.1, 0.15) is 0 Å². The minimum atomic E-state index is 1.05. The molecule has 1 aliphatic heterocycles. The number of fused-ring (bicyclic) bond motifs is 5. The molecule has 6 aromatic rings. The Balaban J connectivity index is 1.41. The summed E-state index contributed by atoms with van der Waals surface area (Å²) in [6.07, 6.45) is 4.54. The summed E-state index contributed by atoms with van der Waals surface area (Å²) < 4.78 is 2.40.